The number of carbonyl (C=O) groups is 1. The van der Waals surface area contributed by atoms with Gasteiger partial charge in [0.15, 0.2) is 0 Å². The quantitative estimate of drug-likeness (QED) is 0.869. The van der Waals surface area contributed by atoms with Gasteiger partial charge in [-0.1, -0.05) is 29.8 Å². The molecular weight excluding hydrogens is 260 g/mol. The molecule has 1 saturated carbocycles. The van der Waals surface area contributed by atoms with Crippen LogP contribution < -0.4 is 10.6 Å². The van der Waals surface area contributed by atoms with E-state index in [0.29, 0.717) is 12.6 Å². The molecule has 4 heteroatoms. The molecule has 0 spiro atoms. The third kappa shape index (κ3) is 3.48. The number of likely N-dealkylation sites (N-methyl/N-ethyl adjacent to an activating group) is 1. The highest BCUT2D eigenvalue weighted by molar-refractivity contribution is 5.91. The highest BCUT2D eigenvalue weighted by Gasteiger charge is 2.51. The lowest BCUT2D eigenvalue weighted by Gasteiger charge is -2.18. The average molecular weight is 283 g/mol. The Kier molecular flexibility index (Phi) is 5.39. The van der Waals surface area contributed by atoms with Crippen LogP contribution in [0.2, 0.25) is 0 Å². The first-order chi connectivity index (χ1) is 8.58. The van der Waals surface area contributed by atoms with Gasteiger partial charge in [0.1, 0.15) is 0 Å². The third-order valence-corrected chi connectivity index (χ3v) is 3.82. The smallest absolute Gasteiger partial charge is 0.230 e. The van der Waals surface area contributed by atoms with Gasteiger partial charge in [0, 0.05) is 12.6 Å². The number of nitrogens with one attached hydrogen (secondary N) is 2. The van der Waals surface area contributed by atoms with Gasteiger partial charge in [-0.2, -0.15) is 0 Å². The van der Waals surface area contributed by atoms with Gasteiger partial charge in [-0.05, 0) is 39.3 Å². The fourth-order valence-corrected chi connectivity index (χ4v) is 2.23. The SMILES string of the molecule is CNC(C)CNC(=O)C1(c2cccc(C)c2)CC1.Cl. The maximum atomic E-state index is 12.3. The maximum Gasteiger partial charge on any atom is 0.230 e. The van der Waals surface area contributed by atoms with E-state index in [1.54, 1.807) is 0 Å². The van der Waals surface area contributed by atoms with Crippen LogP contribution in [0.1, 0.15) is 30.9 Å². The minimum atomic E-state index is -0.251. The molecule has 3 nitrogen and oxygen atoms in total. The molecule has 106 valence electrons. The van der Waals surface area contributed by atoms with Crippen LogP contribution in [-0.2, 0) is 10.2 Å². The van der Waals surface area contributed by atoms with E-state index < -0.39 is 0 Å². The van der Waals surface area contributed by atoms with Gasteiger partial charge in [-0.3, -0.25) is 4.79 Å². The molecule has 1 fully saturated rings. The number of hydrogen-bond acceptors (Lipinski definition) is 2. The van der Waals surface area contributed by atoms with Crippen molar-refractivity contribution in [3.63, 3.8) is 0 Å². The summed E-state index contributed by atoms with van der Waals surface area (Å²) in [6, 6.07) is 8.62. The maximum absolute atomic E-state index is 12.3. The fraction of sp³-hybridized carbons (Fsp3) is 0.533. The standard InChI is InChI=1S/C15H22N2O.ClH/c1-11-5-4-6-13(9-11)15(7-8-15)14(18)17-10-12(2)16-3;/h4-6,9,12,16H,7-8,10H2,1-3H3,(H,17,18);1H. The monoisotopic (exact) mass is 282 g/mol. The van der Waals surface area contributed by atoms with Crippen molar-refractivity contribution in [1.29, 1.82) is 0 Å². The lowest BCUT2D eigenvalue weighted by Crippen LogP contribution is -2.42. The van der Waals surface area contributed by atoms with Crippen LogP contribution in [0.3, 0.4) is 0 Å². The Morgan fingerprint density at radius 3 is 2.63 bits per heavy atom. The zero-order valence-electron chi connectivity index (χ0n) is 11.8. The van der Waals surface area contributed by atoms with E-state index in [2.05, 4.69) is 42.7 Å². The van der Waals surface area contributed by atoms with Crippen LogP contribution in [0.5, 0.6) is 0 Å². The van der Waals surface area contributed by atoms with Gasteiger partial charge in [0.25, 0.3) is 0 Å². The second kappa shape index (κ2) is 6.40. The van der Waals surface area contributed by atoms with E-state index >= 15 is 0 Å². The first kappa shape index (κ1) is 16.0. The number of halogens is 1. The van der Waals surface area contributed by atoms with Crippen LogP contribution in [0, 0.1) is 6.92 Å². The first-order valence-corrected chi connectivity index (χ1v) is 6.61. The molecule has 0 saturated heterocycles. The third-order valence-electron chi connectivity index (χ3n) is 3.82. The molecule has 1 aliphatic rings. The topological polar surface area (TPSA) is 41.1 Å². The summed E-state index contributed by atoms with van der Waals surface area (Å²) in [5.74, 6) is 0.176. The summed E-state index contributed by atoms with van der Waals surface area (Å²) in [6.45, 7) is 4.82. The Balaban J connectivity index is 0.00000180. The van der Waals surface area contributed by atoms with Crippen LogP contribution in [0.4, 0.5) is 0 Å². The lowest BCUT2D eigenvalue weighted by atomic mass is 9.93. The van der Waals surface area contributed by atoms with Crippen LogP contribution in [0.25, 0.3) is 0 Å². The molecule has 2 N–H and O–H groups in total. The van der Waals surface area contributed by atoms with E-state index in [1.807, 2.05) is 13.1 Å². The van der Waals surface area contributed by atoms with E-state index in [1.165, 1.54) is 5.56 Å². The van der Waals surface area contributed by atoms with Gasteiger partial charge in [-0.25, -0.2) is 0 Å². The molecule has 0 heterocycles. The summed E-state index contributed by atoms with van der Waals surface area (Å²) >= 11 is 0. The van der Waals surface area contributed by atoms with Crippen molar-refractivity contribution < 1.29 is 4.79 Å². The number of rotatable bonds is 5. The predicted molar refractivity (Wildman–Crippen MR) is 80.9 cm³/mol. The van der Waals surface area contributed by atoms with Gasteiger partial charge >= 0.3 is 0 Å². The minimum Gasteiger partial charge on any atom is -0.354 e. The molecule has 19 heavy (non-hydrogen) atoms. The number of benzene rings is 1. The zero-order valence-corrected chi connectivity index (χ0v) is 12.6. The first-order valence-electron chi connectivity index (χ1n) is 6.61. The summed E-state index contributed by atoms with van der Waals surface area (Å²) < 4.78 is 0. The van der Waals surface area contributed by atoms with E-state index in [0.717, 1.165) is 18.4 Å². The molecule has 1 unspecified atom stereocenters. The Hall–Kier alpha value is -1.06. The Labute approximate surface area is 121 Å². The summed E-state index contributed by atoms with van der Waals surface area (Å²) in [4.78, 5) is 12.3. The molecule has 0 aliphatic heterocycles. The zero-order chi connectivity index (χ0) is 13.2. The van der Waals surface area contributed by atoms with Crippen molar-refractivity contribution >= 4 is 18.3 Å². The van der Waals surface area contributed by atoms with Gasteiger partial charge < -0.3 is 10.6 Å². The molecular formula is C15H23ClN2O. The van der Waals surface area contributed by atoms with Crippen molar-refractivity contribution in [2.45, 2.75) is 38.1 Å². The largest absolute Gasteiger partial charge is 0.354 e. The average Bonchev–Trinajstić information content (AvgIpc) is 3.17. The van der Waals surface area contributed by atoms with Crippen LogP contribution >= 0.6 is 12.4 Å². The Bertz CT molecular complexity index is 444. The second-order valence-electron chi connectivity index (χ2n) is 5.35. The Morgan fingerprint density at radius 2 is 2.11 bits per heavy atom. The summed E-state index contributed by atoms with van der Waals surface area (Å²) in [7, 11) is 1.91. The van der Waals surface area contributed by atoms with Gasteiger partial charge in [-0.15, -0.1) is 12.4 Å². The number of carbonyl (C=O) groups excluding carboxylic acids is 1. The number of amides is 1. The van der Waals surface area contributed by atoms with E-state index in [9.17, 15) is 4.79 Å². The van der Waals surface area contributed by atoms with Gasteiger partial charge in [0.05, 0.1) is 5.41 Å². The molecule has 1 aromatic rings. The fourth-order valence-electron chi connectivity index (χ4n) is 2.23. The highest BCUT2D eigenvalue weighted by Crippen LogP contribution is 2.48. The second-order valence-corrected chi connectivity index (χ2v) is 5.35. The molecule has 1 aliphatic carbocycles. The Morgan fingerprint density at radius 1 is 1.42 bits per heavy atom. The van der Waals surface area contributed by atoms with Crippen molar-refractivity contribution in [3.8, 4) is 0 Å². The predicted octanol–water partition coefficient (Wildman–Crippen LogP) is 2.17. The molecule has 0 bridgehead atoms. The lowest BCUT2D eigenvalue weighted by molar-refractivity contribution is -0.123. The normalized spacial score (nSPS) is 17.2. The van der Waals surface area contributed by atoms with Crippen molar-refractivity contribution in [1.82, 2.24) is 10.6 Å². The summed E-state index contributed by atoms with van der Waals surface area (Å²) in [5.41, 5.74) is 2.13. The number of hydrogen-bond donors (Lipinski definition) is 2. The molecule has 0 radical (unpaired) electrons. The summed E-state index contributed by atoms with van der Waals surface area (Å²) in [5, 5.41) is 6.18. The molecule has 2 rings (SSSR count). The highest BCUT2D eigenvalue weighted by atomic mass is 35.5. The van der Waals surface area contributed by atoms with Crippen LogP contribution in [0.15, 0.2) is 24.3 Å². The number of aryl methyl sites for hydroxylation is 1. The molecule has 1 atom stereocenters. The van der Waals surface area contributed by atoms with Crippen molar-refractivity contribution in [2.24, 2.45) is 0 Å². The molecule has 1 aromatic carbocycles. The van der Waals surface area contributed by atoms with Crippen molar-refractivity contribution in [2.75, 3.05) is 13.6 Å². The molecule has 1 amide bonds. The van der Waals surface area contributed by atoms with Crippen LogP contribution in [-0.4, -0.2) is 25.5 Å². The van der Waals surface area contributed by atoms with Crippen molar-refractivity contribution in [3.05, 3.63) is 35.4 Å². The van der Waals surface area contributed by atoms with E-state index in [-0.39, 0.29) is 23.7 Å². The summed E-state index contributed by atoms with van der Waals surface area (Å²) in [6.07, 6.45) is 1.94. The molecule has 0 aromatic heterocycles. The van der Waals surface area contributed by atoms with E-state index in [4.69, 9.17) is 0 Å². The minimum absolute atomic E-state index is 0. The van der Waals surface area contributed by atoms with Gasteiger partial charge in [0.2, 0.25) is 5.91 Å².